The van der Waals surface area contributed by atoms with Crippen LogP contribution >= 0.6 is 11.3 Å². The molecule has 0 spiro atoms. The molecule has 0 fully saturated rings. The zero-order valence-corrected chi connectivity index (χ0v) is 17.3. The van der Waals surface area contributed by atoms with E-state index in [2.05, 4.69) is 25.5 Å². The van der Waals surface area contributed by atoms with Gasteiger partial charge in [-0.2, -0.15) is 0 Å². The molecule has 0 atom stereocenters. The summed E-state index contributed by atoms with van der Waals surface area (Å²) in [5, 5.41) is 1.96. The van der Waals surface area contributed by atoms with Gasteiger partial charge in [-0.15, -0.1) is 11.3 Å². The van der Waals surface area contributed by atoms with Crippen LogP contribution in [0.1, 0.15) is 37.6 Å². The third-order valence-electron chi connectivity index (χ3n) is 4.06. The summed E-state index contributed by atoms with van der Waals surface area (Å²) in [4.78, 5) is 15.1. The van der Waals surface area contributed by atoms with Gasteiger partial charge in [-0.3, -0.25) is 4.79 Å². The minimum absolute atomic E-state index is 0.0325. The second-order valence-electron chi connectivity index (χ2n) is 7.25. The van der Waals surface area contributed by atoms with Crippen LogP contribution < -0.4 is 4.72 Å². The van der Waals surface area contributed by atoms with Crippen molar-refractivity contribution in [3.05, 3.63) is 52.2 Å². The van der Waals surface area contributed by atoms with Crippen molar-refractivity contribution in [3.8, 4) is 0 Å². The van der Waals surface area contributed by atoms with Crippen molar-refractivity contribution in [1.82, 2.24) is 9.62 Å². The lowest BCUT2D eigenvalue weighted by molar-refractivity contribution is -0.130. The van der Waals surface area contributed by atoms with E-state index in [4.69, 9.17) is 0 Å². The van der Waals surface area contributed by atoms with Crippen LogP contribution in [0.2, 0.25) is 0 Å². The molecule has 142 valence electrons. The zero-order valence-electron chi connectivity index (χ0n) is 15.7. The Morgan fingerprint density at radius 3 is 2.35 bits per heavy atom. The number of rotatable bonds is 7. The van der Waals surface area contributed by atoms with Crippen molar-refractivity contribution in [2.24, 2.45) is 0 Å². The van der Waals surface area contributed by atoms with Gasteiger partial charge in [0.1, 0.15) is 0 Å². The number of carbonyl (C=O) groups is 1. The lowest BCUT2D eigenvalue weighted by Crippen LogP contribution is -2.31. The van der Waals surface area contributed by atoms with E-state index in [1.165, 1.54) is 0 Å². The van der Waals surface area contributed by atoms with Crippen LogP contribution in [-0.2, 0) is 26.8 Å². The lowest BCUT2D eigenvalue weighted by Gasteiger charge is -2.19. The first-order chi connectivity index (χ1) is 12.1. The number of amides is 1. The van der Waals surface area contributed by atoms with Crippen LogP contribution in [-0.4, -0.2) is 32.8 Å². The molecule has 0 saturated heterocycles. The molecule has 0 saturated carbocycles. The molecule has 2 rings (SSSR count). The van der Waals surface area contributed by atoms with Gasteiger partial charge in [-0.25, -0.2) is 13.1 Å². The molecule has 7 heteroatoms. The van der Waals surface area contributed by atoms with Gasteiger partial charge in [0.2, 0.25) is 15.9 Å². The van der Waals surface area contributed by atoms with E-state index in [9.17, 15) is 13.2 Å². The van der Waals surface area contributed by atoms with Crippen LogP contribution in [0.3, 0.4) is 0 Å². The highest BCUT2D eigenvalue weighted by Crippen LogP contribution is 2.23. The van der Waals surface area contributed by atoms with E-state index in [-0.39, 0.29) is 29.2 Å². The summed E-state index contributed by atoms with van der Waals surface area (Å²) in [6.07, 6.45) is 0.126. The fourth-order valence-corrected chi connectivity index (χ4v) is 4.21. The molecule has 26 heavy (non-hydrogen) atoms. The van der Waals surface area contributed by atoms with E-state index < -0.39 is 10.0 Å². The number of sulfonamides is 1. The second-order valence-corrected chi connectivity index (χ2v) is 10.1. The van der Waals surface area contributed by atoms with Crippen LogP contribution in [0.4, 0.5) is 0 Å². The maximum atomic E-state index is 12.4. The molecule has 0 aliphatic carbocycles. The first-order valence-corrected chi connectivity index (χ1v) is 10.8. The Kier molecular flexibility index (Phi) is 6.60. The highest BCUT2D eigenvalue weighted by Gasteiger charge is 2.18. The SMILES string of the molecule is CN(Cc1cccs1)C(=O)CCNS(=O)(=O)c1ccc(C(C)(C)C)cc1. The van der Waals surface area contributed by atoms with Crippen molar-refractivity contribution < 1.29 is 13.2 Å². The highest BCUT2D eigenvalue weighted by atomic mass is 32.2. The number of benzene rings is 1. The van der Waals surface area contributed by atoms with Crippen molar-refractivity contribution in [2.75, 3.05) is 13.6 Å². The van der Waals surface area contributed by atoms with Gasteiger partial charge in [0.25, 0.3) is 0 Å². The summed E-state index contributed by atoms with van der Waals surface area (Å²) in [7, 11) is -1.89. The molecule has 0 aliphatic rings. The summed E-state index contributed by atoms with van der Waals surface area (Å²) < 4.78 is 27.2. The summed E-state index contributed by atoms with van der Waals surface area (Å²) in [6.45, 7) is 6.85. The van der Waals surface area contributed by atoms with Crippen LogP contribution in [0.15, 0.2) is 46.7 Å². The molecule has 2 aromatic rings. The first kappa shape index (κ1) is 20.6. The third kappa shape index (κ3) is 5.65. The van der Waals surface area contributed by atoms with Gasteiger partial charge >= 0.3 is 0 Å². The summed E-state index contributed by atoms with van der Waals surface area (Å²) >= 11 is 1.59. The van der Waals surface area contributed by atoms with Crippen molar-refractivity contribution in [3.63, 3.8) is 0 Å². The van der Waals surface area contributed by atoms with E-state index in [1.54, 1.807) is 35.4 Å². The Morgan fingerprint density at radius 2 is 1.81 bits per heavy atom. The Bertz CT molecular complexity index is 821. The monoisotopic (exact) mass is 394 g/mol. The Labute approximate surface area is 160 Å². The van der Waals surface area contributed by atoms with Crippen LogP contribution in [0.5, 0.6) is 0 Å². The standard InChI is InChI=1S/C19H26N2O3S2/c1-19(2,3)15-7-9-17(10-8-15)26(23,24)20-12-11-18(22)21(4)14-16-6-5-13-25-16/h5-10,13,20H,11-12,14H2,1-4H3. The Morgan fingerprint density at radius 1 is 1.15 bits per heavy atom. The quantitative estimate of drug-likeness (QED) is 0.783. The van der Waals surface area contributed by atoms with E-state index in [0.29, 0.717) is 6.54 Å². The first-order valence-electron chi connectivity index (χ1n) is 8.46. The second kappa shape index (κ2) is 8.33. The largest absolute Gasteiger partial charge is 0.341 e. The fourth-order valence-electron chi connectivity index (χ4n) is 2.43. The molecule has 0 radical (unpaired) electrons. The Balaban J connectivity index is 1.88. The summed E-state index contributed by atoms with van der Waals surface area (Å²) in [6, 6.07) is 10.8. The molecule has 1 heterocycles. The fraction of sp³-hybridized carbons (Fsp3) is 0.421. The predicted molar refractivity (Wildman–Crippen MR) is 106 cm³/mol. The van der Waals surface area contributed by atoms with Crippen LogP contribution in [0, 0.1) is 0 Å². The number of thiophene rings is 1. The van der Waals surface area contributed by atoms with Gasteiger partial charge in [0.05, 0.1) is 11.4 Å². The average molecular weight is 395 g/mol. The third-order valence-corrected chi connectivity index (χ3v) is 6.40. The molecular formula is C19H26N2O3S2. The molecule has 0 aliphatic heterocycles. The van der Waals surface area contributed by atoms with Gasteiger partial charge < -0.3 is 4.90 Å². The van der Waals surface area contributed by atoms with Gasteiger partial charge in [-0.05, 0) is 34.6 Å². The molecule has 0 bridgehead atoms. The number of carbonyl (C=O) groups excluding carboxylic acids is 1. The van der Waals surface area contributed by atoms with E-state index in [0.717, 1.165) is 10.4 Å². The maximum absolute atomic E-state index is 12.4. The molecule has 1 aromatic carbocycles. The Hall–Kier alpha value is -1.70. The maximum Gasteiger partial charge on any atom is 0.240 e. The summed E-state index contributed by atoms with van der Waals surface area (Å²) in [5.41, 5.74) is 1.04. The molecule has 1 aromatic heterocycles. The number of nitrogens with one attached hydrogen (secondary N) is 1. The smallest absolute Gasteiger partial charge is 0.240 e. The number of hydrogen-bond donors (Lipinski definition) is 1. The van der Waals surface area contributed by atoms with Gasteiger partial charge in [0, 0.05) is 24.9 Å². The zero-order chi connectivity index (χ0) is 19.4. The van der Waals surface area contributed by atoms with Crippen LogP contribution in [0.25, 0.3) is 0 Å². The van der Waals surface area contributed by atoms with E-state index in [1.807, 2.05) is 29.6 Å². The average Bonchev–Trinajstić information content (AvgIpc) is 3.07. The molecule has 0 unspecified atom stereocenters. The lowest BCUT2D eigenvalue weighted by atomic mass is 9.87. The van der Waals surface area contributed by atoms with E-state index >= 15 is 0 Å². The van der Waals surface area contributed by atoms with Gasteiger partial charge in [0.15, 0.2) is 0 Å². The van der Waals surface area contributed by atoms with Crippen molar-refractivity contribution in [1.29, 1.82) is 0 Å². The predicted octanol–water partition coefficient (Wildman–Crippen LogP) is 3.37. The van der Waals surface area contributed by atoms with Gasteiger partial charge in [-0.1, -0.05) is 39.0 Å². The number of nitrogens with zero attached hydrogens (tertiary/aromatic N) is 1. The minimum atomic E-state index is -3.61. The highest BCUT2D eigenvalue weighted by molar-refractivity contribution is 7.89. The van der Waals surface area contributed by atoms with Crippen molar-refractivity contribution >= 4 is 27.3 Å². The minimum Gasteiger partial charge on any atom is -0.341 e. The molecule has 1 N–H and O–H groups in total. The molecule has 5 nitrogen and oxygen atoms in total. The normalized spacial score (nSPS) is 12.2. The molecule has 1 amide bonds. The van der Waals surface area contributed by atoms with Crippen molar-refractivity contribution in [2.45, 2.75) is 44.0 Å². The topological polar surface area (TPSA) is 66.5 Å². The summed E-state index contributed by atoms with van der Waals surface area (Å²) in [5.74, 6) is -0.0934. The molecular weight excluding hydrogens is 368 g/mol. The number of hydrogen-bond acceptors (Lipinski definition) is 4.